The van der Waals surface area contributed by atoms with Gasteiger partial charge < -0.3 is 4.90 Å². The SMILES string of the molecule is CS(=O)(=O)c1cccc(N2CCc3ccc(Cl)cc32)c1[N+](=O)[O-]. The largest absolute Gasteiger partial charge is 0.335 e. The van der Waals surface area contributed by atoms with Gasteiger partial charge in [-0.05, 0) is 36.2 Å². The molecule has 0 radical (unpaired) electrons. The molecule has 2 aromatic rings. The Hall–Kier alpha value is -2.12. The van der Waals surface area contributed by atoms with Crippen LogP contribution in [0.15, 0.2) is 41.3 Å². The first-order valence-electron chi connectivity index (χ1n) is 6.82. The highest BCUT2D eigenvalue weighted by Crippen LogP contribution is 2.42. The van der Waals surface area contributed by atoms with Gasteiger partial charge in [-0.2, -0.15) is 0 Å². The maximum absolute atomic E-state index is 11.9. The maximum atomic E-state index is 11.9. The minimum atomic E-state index is -3.71. The van der Waals surface area contributed by atoms with Gasteiger partial charge in [0, 0.05) is 23.5 Å². The summed E-state index contributed by atoms with van der Waals surface area (Å²) in [6, 6.07) is 9.71. The number of hydrogen-bond donors (Lipinski definition) is 0. The van der Waals surface area contributed by atoms with Crippen molar-refractivity contribution >= 4 is 38.5 Å². The fraction of sp³-hybridized carbons (Fsp3) is 0.200. The Labute approximate surface area is 138 Å². The second-order valence-electron chi connectivity index (χ2n) is 5.33. The highest BCUT2D eigenvalue weighted by Gasteiger charge is 2.32. The number of anilines is 2. The Bertz CT molecular complexity index is 912. The summed E-state index contributed by atoms with van der Waals surface area (Å²) in [5, 5.41) is 12.0. The third-order valence-corrected chi connectivity index (χ3v) is 5.16. The van der Waals surface area contributed by atoms with E-state index in [1.165, 1.54) is 12.1 Å². The van der Waals surface area contributed by atoms with Crippen LogP contribution in [0.5, 0.6) is 0 Å². The first-order chi connectivity index (χ1) is 10.8. The maximum Gasteiger partial charge on any atom is 0.311 e. The molecule has 120 valence electrons. The lowest BCUT2D eigenvalue weighted by molar-refractivity contribution is -0.387. The van der Waals surface area contributed by atoms with Gasteiger partial charge in [0.25, 0.3) is 0 Å². The summed E-state index contributed by atoms with van der Waals surface area (Å²) >= 11 is 6.03. The molecule has 1 aliphatic rings. The standard InChI is InChI=1S/C15H13ClN2O4S/c1-23(21,22)14-4-2-3-12(15(14)18(19)20)17-8-7-10-5-6-11(16)9-13(10)17/h2-6,9H,7-8H2,1H3. The molecule has 23 heavy (non-hydrogen) atoms. The summed E-state index contributed by atoms with van der Waals surface area (Å²) in [5.74, 6) is 0. The summed E-state index contributed by atoms with van der Waals surface area (Å²) in [5.41, 5.74) is 1.65. The van der Waals surface area contributed by atoms with Gasteiger partial charge in [0.15, 0.2) is 9.84 Å². The van der Waals surface area contributed by atoms with Gasteiger partial charge in [-0.15, -0.1) is 0 Å². The first-order valence-corrected chi connectivity index (χ1v) is 9.09. The van der Waals surface area contributed by atoms with Crippen LogP contribution in [0.1, 0.15) is 5.56 Å². The van der Waals surface area contributed by atoms with E-state index in [0.717, 1.165) is 17.5 Å². The van der Waals surface area contributed by atoms with E-state index < -0.39 is 20.4 Å². The summed E-state index contributed by atoms with van der Waals surface area (Å²) in [6.07, 6.45) is 1.68. The van der Waals surface area contributed by atoms with Crippen LogP contribution >= 0.6 is 11.6 Å². The van der Waals surface area contributed by atoms with Crippen LogP contribution in [-0.2, 0) is 16.3 Å². The van der Waals surface area contributed by atoms with Crippen molar-refractivity contribution in [1.82, 2.24) is 0 Å². The lowest BCUT2D eigenvalue weighted by atomic mass is 10.1. The minimum absolute atomic E-state index is 0.263. The van der Waals surface area contributed by atoms with Crippen molar-refractivity contribution < 1.29 is 13.3 Å². The smallest absolute Gasteiger partial charge is 0.311 e. The average Bonchev–Trinajstić information content (AvgIpc) is 2.88. The molecule has 2 aromatic carbocycles. The highest BCUT2D eigenvalue weighted by molar-refractivity contribution is 7.90. The zero-order valence-corrected chi connectivity index (χ0v) is 13.8. The molecule has 0 fully saturated rings. The number of hydrogen-bond acceptors (Lipinski definition) is 5. The number of nitro groups is 1. The fourth-order valence-corrected chi connectivity index (χ4v) is 3.84. The number of benzene rings is 2. The van der Waals surface area contributed by atoms with E-state index in [4.69, 9.17) is 11.6 Å². The fourth-order valence-electron chi connectivity index (χ4n) is 2.81. The Morgan fingerprint density at radius 3 is 2.61 bits per heavy atom. The van der Waals surface area contributed by atoms with Crippen LogP contribution in [0.2, 0.25) is 5.02 Å². The summed E-state index contributed by atoms with van der Waals surface area (Å²) in [6.45, 7) is 0.531. The average molecular weight is 353 g/mol. The highest BCUT2D eigenvalue weighted by atomic mass is 35.5. The lowest BCUT2D eigenvalue weighted by Gasteiger charge is -2.20. The van der Waals surface area contributed by atoms with Gasteiger partial charge in [-0.1, -0.05) is 23.7 Å². The third-order valence-electron chi connectivity index (χ3n) is 3.79. The molecule has 0 saturated carbocycles. The van der Waals surface area contributed by atoms with Crippen LogP contribution in [0.4, 0.5) is 17.1 Å². The van der Waals surface area contributed by atoms with Crippen molar-refractivity contribution in [2.75, 3.05) is 17.7 Å². The zero-order valence-electron chi connectivity index (χ0n) is 12.2. The molecular formula is C15H13ClN2O4S. The topological polar surface area (TPSA) is 80.5 Å². The van der Waals surface area contributed by atoms with E-state index >= 15 is 0 Å². The third kappa shape index (κ3) is 2.77. The monoisotopic (exact) mass is 352 g/mol. The predicted molar refractivity (Wildman–Crippen MR) is 88.4 cm³/mol. The molecule has 0 saturated heterocycles. The summed E-state index contributed by atoms with van der Waals surface area (Å²) in [4.78, 5) is 12.3. The van der Waals surface area contributed by atoms with Gasteiger partial charge in [0.05, 0.1) is 4.92 Å². The van der Waals surface area contributed by atoms with Crippen LogP contribution in [0, 0.1) is 10.1 Å². The van der Waals surface area contributed by atoms with Crippen LogP contribution in [0.25, 0.3) is 0 Å². The second-order valence-corrected chi connectivity index (χ2v) is 7.75. The molecule has 1 aliphatic heterocycles. The zero-order chi connectivity index (χ0) is 16.8. The van der Waals surface area contributed by atoms with Gasteiger partial charge in [0.1, 0.15) is 10.6 Å². The van der Waals surface area contributed by atoms with Gasteiger partial charge in [-0.25, -0.2) is 8.42 Å². The number of nitro benzene ring substituents is 1. The predicted octanol–water partition coefficient (Wildman–Crippen LogP) is 3.35. The van der Waals surface area contributed by atoms with E-state index in [2.05, 4.69) is 0 Å². The molecule has 1 heterocycles. The molecule has 0 amide bonds. The molecule has 0 N–H and O–H groups in total. The second kappa shape index (κ2) is 5.50. The first kappa shape index (κ1) is 15.8. The van der Waals surface area contributed by atoms with Crippen LogP contribution in [0.3, 0.4) is 0 Å². The number of fused-ring (bicyclic) bond motifs is 1. The molecule has 0 unspecified atom stereocenters. The normalized spacial score (nSPS) is 13.9. The number of sulfone groups is 1. The molecule has 6 nitrogen and oxygen atoms in total. The van der Waals surface area contributed by atoms with Crippen LogP contribution in [-0.4, -0.2) is 26.1 Å². The summed E-state index contributed by atoms with van der Waals surface area (Å²) in [7, 11) is -3.71. The van der Waals surface area contributed by atoms with Crippen molar-refractivity contribution in [2.24, 2.45) is 0 Å². The van der Waals surface area contributed by atoms with Crippen molar-refractivity contribution in [3.05, 3.63) is 57.1 Å². The molecule has 0 aliphatic carbocycles. The van der Waals surface area contributed by atoms with Gasteiger partial charge >= 0.3 is 5.69 Å². The van der Waals surface area contributed by atoms with Gasteiger partial charge in [-0.3, -0.25) is 10.1 Å². The Morgan fingerprint density at radius 1 is 1.22 bits per heavy atom. The van der Waals surface area contributed by atoms with E-state index in [1.807, 2.05) is 6.07 Å². The Morgan fingerprint density at radius 2 is 1.96 bits per heavy atom. The number of rotatable bonds is 3. The molecule has 0 atom stereocenters. The van der Waals surface area contributed by atoms with Crippen molar-refractivity contribution in [1.29, 1.82) is 0 Å². The molecule has 8 heteroatoms. The summed E-state index contributed by atoms with van der Waals surface area (Å²) < 4.78 is 23.8. The van der Waals surface area contributed by atoms with E-state index in [1.54, 1.807) is 23.1 Å². The Kier molecular flexibility index (Phi) is 3.77. The number of halogens is 1. The molecular weight excluding hydrogens is 340 g/mol. The van der Waals surface area contributed by atoms with E-state index in [-0.39, 0.29) is 10.6 Å². The number of nitrogens with zero attached hydrogens (tertiary/aromatic N) is 2. The molecule has 0 bridgehead atoms. The molecule has 0 aromatic heterocycles. The number of para-hydroxylation sites is 1. The quantitative estimate of drug-likeness (QED) is 0.625. The minimum Gasteiger partial charge on any atom is -0.335 e. The molecule has 3 rings (SSSR count). The molecule has 0 spiro atoms. The Balaban J connectivity index is 2.24. The van der Waals surface area contributed by atoms with Crippen molar-refractivity contribution in [2.45, 2.75) is 11.3 Å². The van der Waals surface area contributed by atoms with Crippen molar-refractivity contribution in [3.63, 3.8) is 0 Å². The lowest BCUT2D eigenvalue weighted by Crippen LogP contribution is -2.16. The van der Waals surface area contributed by atoms with E-state index in [9.17, 15) is 18.5 Å². The van der Waals surface area contributed by atoms with E-state index in [0.29, 0.717) is 18.0 Å². The van der Waals surface area contributed by atoms with Crippen molar-refractivity contribution in [3.8, 4) is 0 Å². The van der Waals surface area contributed by atoms with Crippen LogP contribution < -0.4 is 4.90 Å². The van der Waals surface area contributed by atoms with Gasteiger partial charge in [0.2, 0.25) is 0 Å².